The van der Waals surface area contributed by atoms with E-state index in [9.17, 15) is 13.2 Å². The second-order valence-electron chi connectivity index (χ2n) is 5.63. The fraction of sp³-hybridized carbons (Fsp3) is 0.500. The van der Waals surface area contributed by atoms with Crippen LogP contribution in [0.25, 0.3) is 11.4 Å². The zero-order chi connectivity index (χ0) is 18.0. The topological polar surface area (TPSA) is 60.6 Å². The molecule has 0 fully saturated rings. The summed E-state index contributed by atoms with van der Waals surface area (Å²) in [4.78, 5) is 14.2. The number of alkyl halides is 3. The summed E-state index contributed by atoms with van der Waals surface area (Å²) in [5, 5.41) is 4.90. The molecule has 0 radical (unpaired) electrons. The van der Waals surface area contributed by atoms with Gasteiger partial charge in [-0.05, 0) is 43.4 Å². The first-order valence-electron chi connectivity index (χ1n) is 7.94. The fourth-order valence-corrected chi connectivity index (χ4v) is 3.00. The number of aryl methyl sites for hydroxylation is 1. The molecule has 0 aliphatic heterocycles. The second kappa shape index (κ2) is 7.11. The van der Waals surface area contributed by atoms with E-state index in [1.54, 1.807) is 12.1 Å². The number of hydrogen-bond donors (Lipinski definition) is 0. The Labute approximate surface area is 142 Å². The van der Waals surface area contributed by atoms with Crippen LogP contribution in [0.2, 0.25) is 0 Å². The van der Waals surface area contributed by atoms with Gasteiger partial charge in [-0.3, -0.25) is 9.68 Å². The number of nitrogens with zero attached hydrogens (tertiary/aromatic N) is 3. The molecule has 1 aliphatic rings. The summed E-state index contributed by atoms with van der Waals surface area (Å²) in [5.41, 5.74) is 2.51. The molecule has 0 N–H and O–H groups in total. The van der Waals surface area contributed by atoms with Crippen molar-refractivity contribution in [3.8, 4) is 11.4 Å². The monoisotopic (exact) mass is 357 g/mol. The Balaban J connectivity index is 1.90. The smallest absolute Gasteiger partial charge is 0.329 e. The Bertz CT molecular complexity index is 733. The van der Waals surface area contributed by atoms with E-state index in [1.807, 2.05) is 13.0 Å². The molecule has 6 nitrogen and oxygen atoms in total. The van der Waals surface area contributed by atoms with E-state index in [-0.39, 0.29) is 11.9 Å². The number of rotatable bonds is 5. The standard InChI is InChI=1S/C16H18F3N3O3/c1-3-24-22(23-2)13-6-4-5-10-9-11(7-8-12(10)13)14-20-15(25-21-14)16(17,18)19/h7-9,13H,3-6H2,1-2H3. The van der Waals surface area contributed by atoms with Gasteiger partial charge < -0.3 is 4.52 Å². The molecule has 1 aromatic carbocycles. The summed E-state index contributed by atoms with van der Waals surface area (Å²) in [6, 6.07) is 5.26. The number of fused-ring (bicyclic) bond motifs is 1. The Morgan fingerprint density at radius 1 is 1.36 bits per heavy atom. The third kappa shape index (κ3) is 3.68. The molecule has 0 amide bonds. The van der Waals surface area contributed by atoms with E-state index in [4.69, 9.17) is 9.68 Å². The number of hydrogen-bond acceptors (Lipinski definition) is 6. The van der Waals surface area contributed by atoms with E-state index in [0.29, 0.717) is 12.2 Å². The van der Waals surface area contributed by atoms with Gasteiger partial charge in [0.1, 0.15) is 0 Å². The molecule has 1 heterocycles. The second-order valence-corrected chi connectivity index (χ2v) is 5.63. The highest BCUT2D eigenvalue weighted by Gasteiger charge is 2.38. The Morgan fingerprint density at radius 3 is 2.80 bits per heavy atom. The third-order valence-electron chi connectivity index (χ3n) is 4.04. The van der Waals surface area contributed by atoms with Gasteiger partial charge in [-0.15, -0.1) is 0 Å². The van der Waals surface area contributed by atoms with E-state index in [1.165, 1.54) is 12.3 Å². The van der Waals surface area contributed by atoms with Crippen LogP contribution in [0.4, 0.5) is 13.2 Å². The van der Waals surface area contributed by atoms with Gasteiger partial charge in [0.15, 0.2) is 0 Å². The van der Waals surface area contributed by atoms with Crippen molar-refractivity contribution in [1.29, 1.82) is 0 Å². The minimum Gasteiger partial charge on any atom is -0.329 e. The van der Waals surface area contributed by atoms with Gasteiger partial charge in [0.2, 0.25) is 5.82 Å². The average Bonchev–Trinajstić information content (AvgIpc) is 3.09. The molecule has 25 heavy (non-hydrogen) atoms. The molecule has 1 atom stereocenters. The quantitative estimate of drug-likeness (QED) is 0.755. The van der Waals surface area contributed by atoms with Gasteiger partial charge in [-0.1, -0.05) is 22.5 Å². The lowest BCUT2D eigenvalue weighted by Crippen LogP contribution is -2.30. The molecule has 3 rings (SSSR count). The van der Waals surface area contributed by atoms with Crippen molar-refractivity contribution in [2.24, 2.45) is 0 Å². The predicted molar refractivity (Wildman–Crippen MR) is 80.9 cm³/mol. The van der Waals surface area contributed by atoms with Crippen LogP contribution in [0.1, 0.15) is 42.8 Å². The number of aromatic nitrogens is 2. The highest BCUT2D eigenvalue weighted by molar-refractivity contribution is 5.57. The van der Waals surface area contributed by atoms with Crippen LogP contribution < -0.4 is 0 Å². The Kier molecular flexibility index (Phi) is 5.07. The molecule has 1 aromatic heterocycles. The van der Waals surface area contributed by atoms with Gasteiger partial charge in [-0.25, -0.2) is 0 Å². The van der Waals surface area contributed by atoms with Crippen molar-refractivity contribution < 1.29 is 27.4 Å². The van der Waals surface area contributed by atoms with Crippen LogP contribution in [0.15, 0.2) is 22.7 Å². The van der Waals surface area contributed by atoms with Crippen molar-refractivity contribution >= 4 is 0 Å². The maximum absolute atomic E-state index is 12.6. The van der Waals surface area contributed by atoms with E-state index in [2.05, 4.69) is 14.7 Å². The molecular weight excluding hydrogens is 339 g/mol. The maximum atomic E-state index is 12.6. The zero-order valence-corrected chi connectivity index (χ0v) is 13.8. The van der Waals surface area contributed by atoms with Crippen molar-refractivity contribution in [1.82, 2.24) is 15.4 Å². The van der Waals surface area contributed by atoms with Crippen molar-refractivity contribution in [2.45, 2.75) is 38.4 Å². The Hall–Kier alpha value is -1.97. The number of benzene rings is 1. The molecule has 136 valence electrons. The van der Waals surface area contributed by atoms with Crippen LogP contribution in [-0.4, -0.2) is 29.1 Å². The largest absolute Gasteiger partial charge is 0.471 e. The van der Waals surface area contributed by atoms with Crippen LogP contribution in [0.5, 0.6) is 0 Å². The highest BCUT2D eigenvalue weighted by Crippen LogP contribution is 2.37. The third-order valence-corrected chi connectivity index (χ3v) is 4.04. The van der Waals surface area contributed by atoms with Crippen molar-refractivity contribution in [2.75, 3.05) is 13.7 Å². The van der Waals surface area contributed by atoms with Gasteiger partial charge in [-0.2, -0.15) is 18.2 Å². The zero-order valence-electron chi connectivity index (χ0n) is 13.8. The highest BCUT2D eigenvalue weighted by atomic mass is 19.4. The van der Waals surface area contributed by atoms with Crippen LogP contribution in [0, 0.1) is 0 Å². The van der Waals surface area contributed by atoms with Crippen LogP contribution in [0.3, 0.4) is 0 Å². The molecule has 0 bridgehead atoms. The first-order valence-corrected chi connectivity index (χ1v) is 7.94. The van der Waals surface area contributed by atoms with E-state index in [0.717, 1.165) is 30.4 Å². The number of hydroxylamine groups is 2. The first-order chi connectivity index (χ1) is 11.9. The molecular formula is C16H18F3N3O3. The molecule has 0 saturated carbocycles. The van der Waals surface area contributed by atoms with Crippen molar-refractivity contribution in [3.63, 3.8) is 0 Å². The van der Waals surface area contributed by atoms with Crippen LogP contribution in [-0.2, 0) is 22.3 Å². The lowest BCUT2D eigenvalue weighted by atomic mass is 9.87. The summed E-state index contributed by atoms with van der Waals surface area (Å²) in [5.74, 6) is -1.43. The van der Waals surface area contributed by atoms with Crippen molar-refractivity contribution in [3.05, 3.63) is 35.2 Å². The summed E-state index contributed by atoms with van der Waals surface area (Å²) in [6.07, 6.45) is -2.07. The minimum absolute atomic E-state index is 0.0706. The number of halogens is 3. The molecule has 1 unspecified atom stereocenters. The van der Waals surface area contributed by atoms with Crippen LogP contribution >= 0.6 is 0 Å². The first kappa shape index (κ1) is 17.8. The predicted octanol–water partition coefficient (Wildman–Crippen LogP) is 3.95. The molecule has 1 aliphatic carbocycles. The summed E-state index contributed by atoms with van der Waals surface area (Å²) in [7, 11) is 1.54. The molecule has 0 saturated heterocycles. The minimum atomic E-state index is -4.65. The van der Waals surface area contributed by atoms with Gasteiger partial charge >= 0.3 is 12.1 Å². The normalized spacial score (nSPS) is 17.8. The molecule has 2 aromatic rings. The Morgan fingerprint density at radius 2 is 2.16 bits per heavy atom. The lowest BCUT2D eigenvalue weighted by Gasteiger charge is -2.32. The maximum Gasteiger partial charge on any atom is 0.471 e. The summed E-state index contributed by atoms with van der Waals surface area (Å²) in [6.45, 7) is 2.34. The van der Waals surface area contributed by atoms with Gasteiger partial charge in [0.05, 0.1) is 19.8 Å². The van der Waals surface area contributed by atoms with Gasteiger partial charge in [0.25, 0.3) is 0 Å². The lowest BCUT2D eigenvalue weighted by molar-refractivity contribution is -0.379. The SMILES string of the molecule is CCON(OC)C1CCCc2cc(-c3noc(C(F)(F)F)n3)ccc21. The fourth-order valence-electron chi connectivity index (χ4n) is 3.00. The van der Waals surface area contributed by atoms with E-state index < -0.39 is 12.1 Å². The molecule has 9 heteroatoms. The van der Waals surface area contributed by atoms with E-state index >= 15 is 0 Å². The van der Waals surface area contributed by atoms with Gasteiger partial charge in [0, 0.05) is 5.56 Å². The average molecular weight is 357 g/mol. The molecule has 0 spiro atoms. The summed E-state index contributed by atoms with van der Waals surface area (Å²) >= 11 is 0. The summed E-state index contributed by atoms with van der Waals surface area (Å²) < 4.78 is 42.1.